The lowest BCUT2D eigenvalue weighted by Gasteiger charge is -2.26. The highest BCUT2D eigenvalue weighted by Crippen LogP contribution is 2.25. The standard InChI is InChI=1S/C21H20N4O3S2/c22-21(29)25(17-11-13-18(14-12-17)30(23,27)28)24-20(26)19(15-7-3-1-4-8-15)16-9-5-2-6-10-16/h1-14,19H,(H2,22,29)(H,24,26)(H2,23,27,28). The second-order valence-electron chi connectivity index (χ2n) is 6.44. The van der Waals surface area contributed by atoms with Crippen LogP contribution in [0.25, 0.3) is 0 Å². The van der Waals surface area contributed by atoms with E-state index in [1.807, 2.05) is 60.7 Å². The highest BCUT2D eigenvalue weighted by atomic mass is 32.2. The molecule has 154 valence electrons. The summed E-state index contributed by atoms with van der Waals surface area (Å²) in [6, 6.07) is 24.2. The number of hydrazine groups is 1. The maximum Gasteiger partial charge on any atom is 0.250 e. The Hall–Kier alpha value is -3.27. The van der Waals surface area contributed by atoms with Crippen LogP contribution in [0.4, 0.5) is 5.69 Å². The molecule has 0 saturated heterocycles. The topological polar surface area (TPSA) is 119 Å². The van der Waals surface area contributed by atoms with E-state index in [4.69, 9.17) is 23.1 Å². The summed E-state index contributed by atoms with van der Waals surface area (Å²) in [6.45, 7) is 0. The van der Waals surface area contributed by atoms with E-state index in [9.17, 15) is 13.2 Å². The Labute approximate surface area is 180 Å². The van der Waals surface area contributed by atoms with Crippen LogP contribution in [-0.4, -0.2) is 19.4 Å². The van der Waals surface area contributed by atoms with Crippen LogP contribution in [0.5, 0.6) is 0 Å². The number of primary sulfonamides is 1. The van der Waals surface area contributed by atoms with Gasteiger partial charge in [0.2, 0.25) is 10.0 Å². The number of anilines is 1. The molecule has 0 spiro atoms. The van der Waals surface area contributed by atoms with E-state index in [1.165, 1.54) is 29.3 Å². The molecule has 0 fully saturated rings. The summed E-state index contributed by atoms with van der Waals surface area (Å²) in [4.78, 5) is 13.2. The van der Waals surface area contributed by atoms with Gasteiger partial charge in [-0.1, -0.05) is 60.7 Å². The van der Waals surface area contributed by atoms with Gasteiger partial charge < -0.3 is 5.73 Å². The molecule has 5 N–H and O–H groups in total. The van der Waals surface area contributed by atoms with Gasteiger partial charge >= 0.3 is 0 Å². The minimum Gasteiger partial charge on any atom is -0.374 e. The number of thiocarbonyl (C=S) groups is 1. The van der Waals surface area contributed by atoms with Crippen LogP contribution in [0.3, 0.4) is 0 Å². The largest absolute Gasteiger partial charge is 0.374 e. The third kappa shape index (κ3) is 5.01. The van der Waals surface area contributed by atoms with Crippen molar-refractivity contribution in [1.29, 1.82) is 0 Å². The summed E-state index contributed by atoms with van der Waals surface area (Å²) >= 11 is 5.09. The molecular formula is C21H20N4O3S2. The molecule has 0 aliphatic carbocycles. The lowest BCUT2D eigenvalue weighted by Crippen LogP contribution is -2.50. The highest BCUT2D eigenvalue weighted by molar-refractivity contribution is 7.89. The number of rotatable bonds is 5. The Bertz CT molecular complexity index is 1100. The molecule has 0 radical (unpaired) electrons. The van der Waals surface area contributed by atoms with Crippen LogP contribution in [0, 0.1) is 0 Å². The monoisotopic (exact) mass is 440 g/mol. The third-order valence-corrected chi connectivity index (χ3v) is 5.51. The predicted molar refractivity (Wildman–Crippen MR) is 120 cm³/mol. The van der Waals surface area contributed by atoms with E-state index >= 15 is 0 Å². The Kier molecular flexibility index (Phi) is 6.46. The Morgan fingerprint density at radius 2 is 1.33 bits per heavy atom. The molecule has 7 nitrogen and oxygen atoms in total. The summed E-state index contributed by atoms with van der Waals surface area (Å²) in [5.41, 5.74) is 10.5. The Balaban J connectivity index is 1.93. The highest BCUT2D eigenvalue weighted by Gasteiger charge is 2.25. The zero-order valence-electron chi connectivity index (χ0n) is 15.8. The van der Waals surface area contributed by atoms with E-state index in [-0.39, 0.29) is 15.9 Å². The zero-order valence-corrected chi connectivity index (χ0v) is 17.4. The number of hydrogen-bond acceptors (Lipinski definition) is 4. The van der Waals surface area contributed by atoms with Crippen LogP contribution in [0.1, 0.15) is 17.0 Å². The van der Waals surface area contributed by atoms with E-state index < -0.39 is 15.9 Å². The molecule has 1 amide bonds. The Morgan fingerprint density at radius 3 is 1.73 bits per heavy atom. The van der Waals surface area contributed by atoms with Gasteiger partial charge in [-0.2, -0.15) is 0 Å². The molecule has 3 aromatic carbocycles. The second-order valence-corrected chi connectivity index (χ2v) is 8.42. The molecule has 0 aliphatic rings. The van der Waals surface area contributed by atoms with Gasteiger partial charge in [-0.05, 0) is 47.6 Å². The van der Waals surface area contributed by atoms with Crippen molar-refractivity contribution < 1.29 is 13.2 Å². The van der Waals surface area contributed by atoms with E-state index in [0.717, 1.165) is 11.1 Å². The summed E-state index contributed by atoms with van der Waals surface area (Å²) < 4.78 is 22.9. The number of carbonyl (C=O) groups is 1. The molecule has 0 heterocycles. The summed E-state index contributed by atoms with van der Waals surface area (Å²) in [6.07, 6.45) is 0. The third-order valence-electron chi connectivity index (χ3n) is 4.39. The van der Waals surface area contributed by atoms with Gasteiger partial charge in [-0.3, -0.25) is 10.2 Å². The van der Waals surface area contributed by atoms with Crippen molar-refractivity contribution >= 4 is 38.9 Å². The van der Waals surface area contributed by atoms with Crippen molar-refractivity contribution in [3.05, 3.63) is 96.1 Å². The predicted octanol–water partition coefficient (Wildman–Crippen LogP) is 2.25. The summed E-state index contributed by atoms with van der Waals surface area (Å²) in [7, 11) is -3.84. The number of nitrogens with one attached hydrogen (secondary N) is 1. The van der Waals surface area contributed by atoms with E-state index in [0.29, 0.717) is 5.69 Å². The van der Waals surface area contributed by atoms with Gasteiger partial charge in [-0.15, -0.1) is 0 Å². The number of carbonyl (C=O) groups excluding carboxylic acids is 1. The van der Waals surface area contributed by atoms with Gasteiger partial charge in [0, 0.05) is 0 Å². The first-order chi connectivity index (χ1) is 14.3. The van der Waals surface area contributed by atoms with Crippen LogP contribution in [0.2, 0.25) is 0 Å². The second kappa shape index (κ2) is 9.04. The molecule has 3 rings (SSSR count). The van der Waals surface area contributed by atoms with Crippen molar-refractivity contribution in [3.8, 4) is 0 Å². The first kappa shape index (κ1) is 21.4. The van der Waals surface area contributed by atoms with Crippen LogP contribution in [-0.2, 0) is 14.8 Å². The maximum absolute atomic E-state index is 13.3. The van der Waals surface area contributed by atoms with Crippen molar-refractivity contribution in [1.82, 2.24) is 5.43 Å². The van der Waals surface area contributed by atoms with Gasteiger partial charge in [0.25, 0.3) is 5.91 Å². The molecule has 0 aliphatic heterocycles. The molecule has 30 heavy (non-hydrogen) atoms. The lowest BCUT2D eigenvalue weighted by molar-refractivity contribution is -0.121. The normalized spacial score (nSPS) is 11.1. The smallest absolute Gasteiger partial charge is 0.250 e. The fourth-order valence-corrected chi connectivity index (χ4v) is 3.66. The number of benzene rings is 3. The summed E-state index contributed by atoms with van der Waals surface area (Å²) in [5.74, 6) is -0.955. The quantitative estimate of drug-likeness (QED) is 0.414. The number of hydrogen-bond donors (Lipinski definition) is 3. The van der Waals surface area contributed by atoms with Gasteiger partial charge in [0.1, 0.15) is 0 Å². The van der Waals surface area contributed by atoms with E-state index in [2.05, 4.69) is 5.43 Å². The molecule has 0 saturated carbocycles. The molecule has 0 atom stereocenters. The fourth-order valence-electron chi connectivity index (χ4n) is 2.99. The van der Waals surface area contributed by atoms with Crippen LogP contribution >= 0.6 is 12.2 Å². The minimum absolute atomic E-state index is 0.0630. The Morgan fingerprint density at radius 1 is 0.867 bits per heavy atom. The van der Waals surface area contributed by atoms with Crippen molar-refractivity contribution in [3.63, 3.8) is 0 Å². The number of amides is 1. The fraction of sp³-hybridized carbons (Fsp3) is 0.0476. The van der Waals surface area contributed by atoms with Crippen molar-refractivity contribution in [2.75, 3.05) is 5.01 Å². The lowest BCUT2D eigenvalue weighted by atomic mass is 9.91. The molecular weight excluding hydrogens is 420 g/mol. The van der Waals surface area contributed by atoms with Crippen LogP contribution in [0.15, 0.2) is 89.8 Å². The maximum atomic E-state index is 13.3. The number of sulfonamides is 1. The van der Waals surface area contributed by atoms with Crippen LogP contribution < -0.4 is 21.3 Å². The average molecular weight is 441 g/mol. The summed E-state index contributed by atoms with van der Waals surface area (Å²) in [5, 5.41) is 6.25. The number of nitrogens with zero attached hydrogens (tertiary/aromatic N) is 1. The van der Waals surface area contributed by atoms with Gasteiger partial charge in [0.05, 0.1) is 16.5 Å². The zero-order chi connectivity index (χ0) is 21.7. The minimum atomic E-state index is -3.84. The molecule has 0 aromatic heterocycles. The molecule has 0 unspecified atom stereocenters. The van der Waals surface area contributed by atoms with Crippen molar-refractivity contribution in [2.45, 2.75) is 10.8 Å². The molecule has 9 heteroatoms. The van der Waals surface area contributed by atoms with E-state index in [1.54, 1.807) is 0 Å². The van der Waals surface area contributed by atoms with Gasteiger partial charge in [-0.25, -0.2) is 18.6 Å². The average Bonchev–Trinajstić information content (AvgIpc) is 2.73. The van der Waals surface area contributed by atoms with Crippen molar-refractivity contribution in [2.24, 2.45) is 10.9 Å². The molecule has 0 bridgehead atoms. The SMILES string of the molecule is NC(=S)N(NC(=O)C(c1ccccc1)c1ccccc1)c1ccc(S(N)(=O)=O)cc1. The van der Waals surface area contributed by atoms with Gasteiger partial charge in [0.15, 0.2) is 5.11 Å². The first-order valence-electron chi connectivity index (χ1n) is 8.90. The number of nitrogens with two attached hydrogens (primary N) is 2. The molecule has 3 aromatic rings. The first-order valence-corrected chi connectivity index (χ1v) is 10.9.